The molecule has 56 valence electrons. The predicted molar refractivity (Wildman–Crippen MR) is 35.9 cm³/mol. The van der Waals surface area contributed by atoms with Crippen LogP contribution in [0.1, 0.15) is 12.1 Å². The van der Waals surface area contributed by atoms with E-state index in [1.54, 1.807) is 0 Å². The Bertz CT molecular complexity index is 234. The Morgan fingerprint density at radius 1 is 1.70 bits per heavy atom. The van der Waals surface area contributed by atoms with Crippen molar-refractivity contribution >= 4 is 15.9 Å². The van der Waals surface area contributed by atoms with Crippen LogP contribution in [-0.4, -0.2) is 9.78 Å². The monoisotopic (exact) mass is 210 g/mol. The van der Waals surface area contributed by atoms with E-state index in [4.69, 9.17) is 0 Å². The van der Waals surface area contributed by atoms with Crippen molar-refractivity contribution in [2.75, 3.05) is 0 Å². The Morgan fingerprint density at radius 2 is 2.30 bits per heavy atom. The van der Waals surface area contributed by atoms with Crippen LogP contribution in [0.25, 0.3) is 0 Å². The molecule has 0 N–H and O–H groups in total. The second kappa shape index (κ2) is 2.65. The maximum absolute atomic E-state index is 12.0. The van der Waals surface area contributed by atoms with Crippen LogP contribution in [0.3, 0.4) is 0 Å². The molecule has 0 aliphatic carbocycles. The zero-order valence-corrected chi connectivity index (χ0v) is 6.77. The number of halogens is 3. The molecule has 0 spiro atoms. The third-order valence-corrected chi connectivity index (χ3v) is 1.50. The van der Waals surface area contributed by atoms with Gasteiger partial charge in [-0.2, -0.15) is 5.10 Å². The number of hydrogen-bond acceptors (Lipinski definition) is 1. The lowest BCUT2D eigenvalue weighted by Crippen LogP contribution is -1.97. The highest BCUT2D eigenvalue weighted by Gasteiger charge is 2.12. The molecule has 0 radical (unpaired) electrons. The molecule has 0 unspecified atom stereocenters. The van der Waals surface area contributed by atoms with Crippen molar-refractivity contribution in [3.8, 4) is 0 Å². The number of hydrogen-bond donors (Lipinski definition) is 0. The van der Waals surface area contributed by atoms with Gasteiger partial charge < -0.3 is 0 Å². The fourth-order valence-electron chi connectivity index (χ4n) is 0.650. The van der Waals surface area contributed by atoms with E-state index in [9.17, 15) is 8.78 Å². The van der Waals surface area contributed by atoms with Gasteiger partial charge in [-0.25, -0.2) is 8.78 Å². The Balaban J connectivity index is 3.03. The summed E-state index contributed by atoms with van der Waals surface area (Å²) in [5, 5.41) is 3.69. The molecule has 0 saturated heterocycles. The van der Waals surface area contributed by atoms with Gasteiger partial charge in [0, 0.05) is 7.05 Å². The summed E-state index contributed by atoms with van der Waals surface area (Å²) in [6.07, 6.45) is -2.45. The van der Waals surface area contributed by atoms with E-state index >= 15 is 0 Å². The first-order valence-corrected chi connectivity index (χ1v) is 3.38. The van der Waals surface area contributed by atoms with E-state index in [1.807, 2.05) is 0 Å². The van der Waals surface area contributed by atoms with Gasteiger partial charge in [0.15, 0.2) is 0 Å². The number of aryl methyl sites for hydroxylation is 1. The lowest BCUT2D eigenvalue weighted by molar-refractivity contribution is 0.141. The van der Waals surface area contributed by atoms with E-state index in [2.05, 4.69) is 21.0 Å². The van der Waals surface area contributed by atoms with Crippen LogP contribution in [0, 0.1) is 0 Å². The van der Waals surface area contributed by atoms with Crippen molar-refractivity contribution in [3.05, 3.63) is 16.4 Å². The van der Waals surface area contributed by atoms with Gasteiger partial charge in [0.25, 0.3) is 6.43 Å². The third-order valence-electron chi connectivity index (χ3n) is 1.11. The molecule has 1 heterocycles. The van der Waals surface area contributed by atoms with E-state index in [-0.39, 0.29) is 5.69 Å². The zero-order valence-electron chi connectivity index (χ0n) is 5.18. The fraction of sp³-hybridized carbons (Fsp3) is 0.400. The second-order valence-electron chi connectivity index (χ2n) is 1.82. The SMILES string of the molecule is Cn1nc(Br)cc1C(F)F. The summed E-state index contributed by atoms with van der Waals surface area (Å²) < 4.78 is 25.5. The molecular formula is C5H5BrF2N2. The molecule has 10 heavy (non-hydrogen) atoms. The minimum atomic E-state index is -2.45. The lowest BCUT2D eigenvalue weighted by atomic mass is 10.4. The second-order valence-corrected chi connectivity index (χ2v) is 2.63. The quantitative estimate of drug-likeness (QED) is 0.695. The first kappa shape index (κ1) is 7.65. The van der Waals surface area contributed by atoms with Crippen LogP contribution in [0.4, 0.5) is 8.78 Å². The summed E-state index contributed by atoms with van der Waals surface area (Å²) in [6, 6.07) is 1.30. The predicted octanol–water partition coefficient (Wildman–Crippen LogP) is 2.12. The normalized spacial score (nSPS) is 10.9. The molecule has 1 aromatic rings. The maximum Gasteiger partial charge on any atom is 0.280 e. The molecule has 0 bridgehead atoms. The molecule has 0 aliphatic rings. The number of alkyl halides is 2. The van der Waals surface area contributed by atoms with Crippen molar-refractivity contribution in [2.24, 2.45) is 7.05 Å². The molecule has 0 aliphatic heterocycles. The molecule has 0 fully saturated rings. The lowest BCUT2D eigenvalue weighted by Gasteiger charge is -1.96. The van der Waals surface area contributed by atoms with Gasteiger partial charge in [0.05, 0.1) is 0 Å². The van der Waals surface area contributed by atoms with Crippen molar-refractivity contribution in [1.29, 1.82) is 0 Å². The van der Waals surface area contributed by atoms with Gasteiger partial charge in [-0.05, 0) is 22.0 Å². The summed E-state index contributed by atoms with van der Waals surface area (Å²) >= 11 is 2.99. The highest BCUT2D eigenvalue weighted by Crippen LogP contribution is 2.20. The molecule has 5 heteroatoms. The van der Waals surface area contributed by atoms with Crippen LogP contribution in [0.15, 0.2) is 10.7 Å². The van der Waals surface area contributed by atoms with Gasteiger partial charge >= 0.3 is 0 Å². The van der Waals surface area contributed by atoms with Gasteiger partial charge in [-0.15, -0.1) is 0 Å². The van der Waals surface area contributed by atoms with Gasteiger partial charge in [-0.1, -0.05) is 0 Å². The Kier molecular flexibility index (Phi) is 2.03. The average molecular weight is 211 g/mol. The van der Waals surface area contributed by atoms with E-state index in [0.717, 1.165) is 4.68 Å². The fourth-order valence-corrected chi connectivity index (χ4v) is 1.12. The van der Waals surface area contributed by atoms with Crippen molar-refractivity contribution in [3.63, 3.8) is 0 Å². The number of rotatable bonds is 1. The highest BCUT2D eigenvalue weighted by atomic mass is 79.9. The van der Waals surface area contributed by atoms with Gasteiger partial charge in [0.2, 0.25) is 0 Å². The van der Waals surface area contributed by atoms with Crippen LogP contribution in [-0.2, 0) is 7.05 Å². The average Bonchev–Trinajstić information content (AvgIpc) is 2.10. The molecule has 0 aromatic carbocycles. The summed E-state index contributed by atoms with van der Waals surface area (Å²) in [6.45, 7) is 0. The van der Waals surface area contributed by atoms with Crippen LogP contribution in [0.5, 0.6) is 0 Å². The van der Waals surface area contributed by atoms with E-state index in [0.29, 0.717) is 4.60 Å². The number of nitrogens with zero attached hydrogens (tertiary/aromatic N) is 2. The molecule has 0 amide bonds. The summed E-state index contributed by atoms with van der Waals surface area (Å²) in [7, 11) is 1.48. The van der Waals surface area contributed by atoms with Crippen LogP contribution < -0.4 is 0 Å². The van der Waals surface area contributed by atoms with E-state index in [1.165, 1.54) is 13.1 Å². The highest BCUT2D eigenvalue weighted by molar-refractivity contribution is 9.10. The standard InChI is InChI=1S/C5H5BrF2N2/c1-10-3(5(7)8)2-4(6)9-10/h2,5H,1H3. The Labute approximate surface area is 65.0 Å². The molecule has 0 atom stereocenters. The van der Waals surface area contributed by atoms with Crippen LogP contribution >= 0.6 is 15.9 Å². The summed E-state index contributed by atoms with van der Waals surface area (Å²) in [5.41, 5.74) is -0.0770. The summed E-state index contributed by atoms with van der Waals surface area (Å²) in [4.78, 5) is 0. The number of aromatic nitrogens is 2. The minimum Gasteiger partial charge on any atom is -0.266 e. The smallest absolute Gasteiger partial charge is 0.266 e. The molecule has 1 rings (SSSR count). The van der Waals surface area contributed by atoms with E-state index < -0.39 is 6.43 Å². The maximum atomic E-state index is 12.0. The first-order chi connectivity index (χ1) is 4.61. The summed E-state index contributed by atoms with van der Waals surface area (Å²) in [5.74, 6) is 0. The largest absolute Gasteiger partial charge is 0.280 e. The topological polar surface area (TPSA) is 17.8 Å². The van der Waals surface area contributed by atoms with Crippen LogP contribution in [0.2, 0.25) is 0 Å². The van der Waals surface area contributed by atoms with Gasteiger partial charge in [0.1, 0.15) is 10.3 Å². The molecular weight excluding hydrogens is 206 g/mol. The van der Waals surface area contributed by atoms with Crippen molar-refractivity contribution in [2.45, 2.75) is 6.43 Å². The zero-order chi connectivity index (χ0) is 7.72. The molecule has 0 saturated carbocycles. The Hall–Kier alpha value is -0.450. The Morgan fingerprint density at radius 3 is 2.50 bits per heavy atom. The molecule has 2 nitrogen and oxygen atoms in total. The molecule has 1 aromatic heterocycles. The van der Waals surface area contributed by atoms with Gasteiger partial charge in [-0.3, -0.25) is 4.68 Å². The third kappa shape index (κ3) is 1.34. The first-order valence-electron chi connectivity index (χ1n) is 2.59. The van der Waals surface area contributed by atoms with Crippen molar-refractivity contribution in [1.82, 2.24) is 9.78 Å². The minimum absolute atomic E-state index is 0.0770. The van der Waals surface area contributed by atoms with Crippen molar-refractivity contribution < 1.29 is 8.78 Å².